The monoisotopic (exact) mass is 280 g/mol. The molecule has 0 aliphatic heterocycles. The molecule has 0 heterocycles. The van der Waals surface area contributed by atoms with Gasteiger partial charge < -0.3 is 15.7 Å². The van der Waals surface area contributed by atoms with E-state index in [0.29, 0.717) is 12.1 Å². The zero-order chi connectivity index (χ0) is 14.6. The fourth-order valence-corrected chi connectivity index (χ4v) is 2.05. The third-order valence-electron chi connectivity index (χ3n) is 3.74. The second-order valence-electron chi connectivity index (χ2n) is 5.70. The lowest BCUT2D eigenvalue weighted by Gasteiger charge is -2.18. The molecular formula is C15H21FN2O2. The summed E-state index contributed by atoms with van der Waals surface area (Å²) in [6, 6.07) is 5.75. The fourth-order valence-electron chi connectivity index (χ4n) is 2.05. The minimum absolute atomic E-state index is 0.0412. The molecule has 0 aromatic heterocycles. The van der Waals surface area contributed by atoms with Gasteiger partial charge in [0.1, 0.15) is 5.82 Å². The van der Waals surface area contributed by atoms with Gasteiger partial charge in [0.05, 0.1) is 0 Å². The van der Waals surface area contributed by atoms with Gasteiger partial charge >= 0.3 is 0 Å². The van der Waals surface area contributed by atoms with Crippen molar-refractivity contribution in [3.63, 3.8) is 0 Å². The highest BCUT2D eigenvalue weighted by Crippen LogP contribution is 2.44. The molecule has 2 rings (SSSR count). The normalized spacial score (nSPS) is 17.6. The summed E-state index contributed by atoms with van der Waals surface area (Å²) in [5, 5.41) is 15.2. The molecule has 20 heavy (non-hydrogen) atoms. The molecule has 1 saturated carbocycles. The summed E-state index contributed by atoms with van der Waals surface area (Å²) in [5.41, 5.74) is 0.638. The molecule has 1 aromatic rings. The molecule has 0 spiro atoms. The van der Waals surface area contributed by atoms with Crippen LogP contribution < -0.4 is 10.6 Å². The summed E-state index contributed by atoms with van der Waals surface area (Å²) in [5.74, 6) is -0.428. The average Bonchev–Trinajstić information content (AvgIpc) is 3.20. The topological polar surface area (TPSA) is 61.4 Å². The molecule has 1 amide bonds. The number of nitrogens with one attached hydrogen (secondary N) is 2. The number of anilines is 1. The average molecular weight is 280 g/mol. The third kappa shape index (κ3) is 4.28. The summed E-state index contributed by atoms with van der Waals surface area (Å²) in [7, 11) is 0. The maximum Gasteiger partial charge on any atom is 0.225 e. The molecule has 1 aliphatic rings. The van der Waals surface area contributed by atoms with E-state index in [1.165, 1.54) is 24.3 Å². The van der Waals surface area contributed by atoms with Gasteiger partial charge in [-0.2, -0.15) is 0 Å². The van der Waals surface area contributed by atoms with Crippen LogP contribution in [0.3, 0.4) is 0 Å². The van der Waals surface area contributed by atoms with Crippen molar-refractivity contribution < 1.29 is 14.3 Å². The Kier molecular flexibility index (Phi) is 4.73. The van der Waals surface area contributed by atoms with Crippen molar-refractivity contribution >= 4 is 11.6 Å². The first-order chi connectivity index (χ1) is 9.53. The number of aliphatic hydroxyl groups is 1. The van der Waals surface area contributed by atoms with Gasteiger partial charge in [-0.15, -0.1) is 0 Å². The highest BCUT2D eigenvalue weighted by Gasteiger charge is 2.41. The lowest BCUT2D eigenvalue weighted by molar-refractivity contribution is -0.116. The van der Waals surface area contributed by atoms with E-state index in [-0.39, 0.29) is 29.8 Å². The lowest BCUT2D eigenvalue weighted by atomic mass is 10.1. The van der Waals surface area contributed by atoms with Crippen LogP contribution in [-0.2, 0) is 4.79 Å². The first kappa shape index (κ1) is 14.9. The zero-order valence-corrected chi connectivity index (χ0v) is 11.7. The van der Waals surface area contributed by atoms with E-state index >= 15 is 0 Å². The molecule has 3 N–H and O–H groups in total. The number of carbonyl (C=O) groups excluding carboxylic acids is 1. The lowest BCUT2D eigenvalue weighted by Crippen LogP contribution is -2.36. The second kappa shape index (κ2) is 6.33. The Hall–Kier alpha value is -1.46. The Bertz CT molecular complexity index is 457. The van der Waals surface area contributed by atoms with Crippen molar-refractivity contribution in [3.8, 4) is 0 Å². The molecule has 0 radical (unpaired) electrons. The van der Waals surface area contributed by atoms with Crippen molar-refractivity contribution in [3.05, 3.63) is 30.1 Å². The number of aliphatic hydroxyl groups excluding tert-OH is 1. The summed E-state index contributed by atoms with van der Waals surface area (Å²) in [4.78, 5) is 11.8. The van der Waals surface area contributed by atoms with Gasteiger partial charge in [0.2, 0.25) is 5.91 Å². The zero-order valence-electron chi connectivity index (χ0n) is 11.7. The van der Waals surface area contributed by atoms with Gasteiger partial charge in [-0.3, -0.25) is 4.79 Å². The molecule has 5 heteroatoms. The van der Waals surface area contributed by atoms with Gasteiger partial charge in [-0.25, -0.2) is 4.39 Å². The Balaban J connectivity index is 1.72. The maximum atomic E-state index is 12.7. The summed E-state index contributed by atoms with van der Waals surface area (Å²) in [6.45, 7) is 2.89. The Morgan fingerprint density at radius 3 is 2.60 bits per heavy atom. The van der Waals surface area contributed by atoms with Gasteiger partial charge in [-0.1, -0.05) is 0 Å². The highest BCUT2D eigenvalue weighted by molar-refractivity contribution is 5.91. The van der Waals surface area contributed by atoms with Crippen molar-refractivity contribution in [2.24, 2.45) is 5.41 Å². The molecular weight excluding hydrogens is 259 g/mol. The molecule has 0 saturated heterocycles. The Morgan fingerprint density at radius 1 is 1.40 bits per heavy atom. The molecule has 1 unspecified atom stereocenters. The standard InChI is InChI=1S/C15H21FN2O2/c1-11(17-9-15(10-19)6-7-15)8-14(20)18-13-4-2-12(16)3-5-13/h2-5,11,17,19H,6-10H2,1H3,(H,18,20). The molecule has 0 bridgehead atoms. The van der Waals surface area contributed by atoms with Crippen LogP contribution in [0, 0.1) is 11.2 Å². The number of benzene rings is 1. The van der Waals surface area contributed by atoms with Crippen molar-refractivity contribution in [2.75, 3.05) is 18.5 Å². The van der Waals surface area contributed by atoms with Gasteiger partial charge in [0.25, 0.3) is 0 Å². The second-order valence-corrected chi connectivity index (χ2v) is 5.70. The quantitative estimate of drug-likeness (QED) is 0.715. The molecule has 1 aliphatic carbocycles. The summed E-state index contributed by atoms with van der Waals surface area (Å²) >= 11 is 0. The summed E-state index contributed by atoms with van der Waals surface area (Å²) < 4.78 is 12.7. The Labute approximate surface area is 118 Å². The largest absolute Gasteiger partial charge is 0.396 e. The number of hydrogen-bond donors (Lipinski definition) is 3. The molecule has 110 valence electrons. The Morgan fingerprint density at radius 2 is 2.05 bits per heavy atom. The van der Waals surface area contributed by atoms with Gasteiger partial charge in [-0.05, 0) is 44.0 Å². The van der Waals surface area contributed by atoms with Crippen molar-refractivity contribution in [1.29, 1.82) is 0 Å². The van der Waals surface area contributed by atoms with E-state index in [4.69, 9.17) is 0 Å². The van der Waals surface area contributed by atoms with E-state index < -0.39 is 0 Å². The van der Waals surface area contributed by atoms with E-state index in [1.54, 1.807) is 0 Å². The van der Waals surface area contributed by atoms with Crippen LogP contribution in [-0.4, -0.2) is 30.2 Å². The van der Waals surface area contributed by atoms with E-state index in [9.17, 15) is 14.3 Å². The molecule has 1 atom stereocenters. The number of amides is 1. The predicted octanol–water partition coefficient (Wildman–Crippen LogP) is 1.90. The first-order valence-electron chi connectivity index (χ1n) is 6.93. The fraction of sp³-hybridized carbons (Fsp3) is 0.533. The molecule has 1 aromatic carbocycles. The van der Waals surface area contributed by atoms with E-state index in [1.807, 2.05) is 6.92 Å². The SMILES string of the molecule is CC(CC(=O)Nc1ccc(F)cc1)NCC1(CO)CC1. The molecule has 4 nitrogen and oxygen atoms in total. The van der Waals surface area contributed by atoms with Gasteiger partial charge in [0.15, 0.2) is 0 Å². The highest BCUT2D eigenvalue weighted by atomic mass is 19.1. The third-order valence-corrected chi connectivity index (χ3v) is 3.74. The molecule has 1 fully saturated rings. The van der Waals surface area contributed by atoms with Crippen LogP contribution in [0.2, 0.25) is 0 Å². The van der Waals surface area contributed by atoms with Crippen LogP contribution in [0.25, 0.3) is 0 Å². The van der Waals surface area contributed by atoms with E-state index in [0.717, 1.165) is 19.4 Å². The van der Waals surface area contributed by atoms with Crippen molar-refractivity contribution in [1.82, 2.24) is 5.32 Å². The predicted molar refractivity (Wildman–Crippen MR) is 75.9 cm³/mol. The first-order valence-corrected chi connectivity index (χ1v) is 6.93. The smallest absolute Gasteiger partial charge is 0.225 e. The van der Waals surface area contributed by atoms with Gasteiger partial charge in [0, 0.05) is 36.7 Å². The van der Waals surface area contributed by atoms with Crippen LogP contribution in [0.4, 0.5) is 10.1 Å². The van der Waals surface area contributed by atoms with E-state index in [2.05, 4.69) is 10.6 Å². The minimum atomic E-state index is -0.322. The number of hydrogen-bond acceptors (Lipinski definition) is 3. The van der Waals surface area contributed by atoms with Crippen LogP contribution >= 0.6 is 0 Å². The summed E-state index contributed by atoms with van der Waals surface area (Å²) in [6.07, 6.45) is 2.44. The number of rotatable bonds is 7. The maximum absolute atomic E-state index is 12.7. The number of halogens is 1. The van der Waals surface area contributed by atoms with Crippen LogP contribution in [0.5, 0.6) is 0 Å². The van der Waals surface area contributed by atoms with Crippen LogP contribution in [0.1, 0.15) is 26.2 Å². The minimum Gasteiger partial charge on any atom is -0.396 e. The van der Waals surface area contributed by atoms with Crippen LogP contribution in [0.15, 0.2) is 24.3 Å². The van der Waals surface area contributed by atoms with Crippen molar-refractivity contribution in [2.45, 2.75) is 32.2 Å². The number of carbonyl (C=O) groups is 1.